The van der Waals surface area contributed by atoms with E-state index in [-0.39, 0.29) is 11.7 Å². The molecule has 0 spiro atoms. The first-order valence-electron chi connectivity index (χ1n) is 8.05. The average molecular weight is 384 g/mol. The summed E-state index contributed by atoms with van der Waals surface area (Å²) in [7, 11) is 0. The molecule has 0 aliphatic carbocycles. The second-order valence-electron chi connectivity index (χ2n) is 7.06. The molecule has 0 saturated carbocycles. The van der Waals surface area contributed by atoms with Gasteiger partial charge in [-0.2, -0.15) is 0 Å². The number of rotatable bonds is 4. The van der Waals surface area contributed by atoms with Crippen LogP contribution in [-0.2, 0) is 16.1 Å². The van der Waals surface area contributed by atoms with E-state index in [4.69, 9.17) is 9.47 Å². The van der Waals surface area contributed by atoms with Gasteiger partial charge in [0.1, 0.15) is 5.60 Å². The van der Waals surface area contributed by atoms with Gasteiger partial charge in [-0.05, 0) is 39.2 Å². The molecule has 23 heavy (non-hydrogen) atoms. The van der Waals surface area contributed by atoms with Gasteiger partial charge in [0.05, 0.1) is 12.2 Å². The van der Waals surface area contributed by atoms with Gasteiger partial charge in [-0.25, -0.2) is 4.79 Å². The van der Waals surface area contributed by atoms with E-state index < -0.39 is 5.60 Å². The summed E-state index contributed by atoms with van der Waals surface area (Å²) in [6.07, 6.45) is 1.39. The smallest absolute Gasteiger partial charge is 0.410 e. The Hall–Kier alpha value is -1.07. The predicted molar refractivity (Wildman–Crippen MR) is 94.8 cm³/mol. The lowest BCUT2D eigenvalue weighted by atomic mass is 9.93. The van der Waals surface area contributed by atoms with Crippen LogP contribution < -0.4 is 0 Å². The molecule has 0 radical (unpaired) electrons. The van der Waals surface area contributed by atoms with E-state index in [0.717, 1.165) is 18.2 Å². The van der Waals surface area contributed by atoms with Crippen LogP contribution in [0.5, 0.6) is 0 Å². The van der Waals surface area contributed by atoms with E-state index in [1.165, 1.54) is 5.56 Å². The lowest BCUT2D eigenvalue weighted by molar-refractivity contribution is -0.0771. The molecule has 1 fully saturated rings. The third kappa shape index (κ3) is 5.50. The summed E-state index contributed by atoms with van der Waals surface area (Å²) >= 11 is 3.59. The Kier molecular flexibility index (Phi) is 6.09. The van der Waals surface area contributed by atoms with Gasteiger partial charge in [-0.3, -0.25) is 0 Å². The summed E-state index contributed by atoms with van der Waals surface area (Å²) in [5.74, 6) is 0. The molecule has 1 amide bonds. The summed E-state index contributed by atoms with van der Waals surface area (Å²) in [5.41, 5.74) is 0.501. The highest BCUT2D eigenvalue weighted by Crippen LogP contribution is 2.30. The van der Waals surface area contributed by atoms with Crippen LogP contribution in [0.1, 0.15) is 39.2 Å². The number of carbonyl (C=O) groups is 1. The van der Waals surface area contributed by atoms with Gasteiger partial charge in [0.2, 0.25) is 0 Å². The summed E-state index contributed by atoms with van der Waals surface area (Å²) in [6, 6.07) is 10.2. The molecular formula is C18H26BrNO3. The SMILES string of the molecule is CC(C)(C)OC(=O)N1CCC(CBr)(OCc2ccccc2)CC1. The van der Waals surface area contributed by atoms with E-state index in [0.29, 0.717) is 19.7 Å². The number of halogens is 1. The molecule has 0 unspecified atom stereocenters. The van der Waals surface area contributed by atoms with Crippen molar-refractivity contribution in [1.82, 2.24) is 4.90 Å². The minimum absolute atomic E-state index is 0.214. The first kappa shape index (κ1) is 18.3. The molecule has 1 aromatic carbocycles. The molecule has 0 atom stereocenters. The van der Waals surface area contributed by atoms with Crippen molar-refractivity contribution >= 4 is 22.0 Å². The van der Waals surface area contributed by atoms with Crippen molar-refractivity contribution in [1.29, 1.82) is 0 Å². The van der Waals surface area contributed by atoms with E-state index in [1.807, 2.05) is 39.0 Å². The van der Waals surface area contributed by atoms with E-state index >= 15 is 0 Å². The van der Waals surface area contributed by atoms with E-state index in [9.17, 15) is 4.79 Å². The second-order valence-corrected chi connectivity index (χ2v) is 7.62. The third-order valence-electron chi connectivity index (χ3n) is 3.96. The Morgan fingerprint density at radius 2 is 1.83 bits per heavy atom. The molecule has 1 aliphatic rings. The van der Waals surface area contributed by atoms with Gasteiger partial charge in [0.25, 0.3) is 0 Å². The third-order valence-corrected chi connectivity index (χ3v) is 4.98. The maximum Gasteiger partial charge on any atom is 0.410 e. The molecule has 1 aromatic rings. The van der Waals surface area contributed by atoms with Crippen molar-refractivity contribution in [2.24, 2.45) is 0 Å². The van der Waals surface area contributed by atoms with Crippen molar-refractivity contribution in [2.45, 2.75) is 51.4 Å². The van der Waals surface area contributed by atoms with E-state index in [1.54, 1.807) is 4.90 Å². The van der Waals surface area contributed by atoms with Crippen LogP contribution in [0.25, 0.3) is 0 Å². The van der Waals surface area contributed by atoms with Crippen LogP contribution in [0.2, 0.25) is 0 Å². The van der Waals surface area contributed by atoms with Gasteiger partial charge in [0.15, 0.2) is 0 Å². The molecule has 1 aliphatic heterocycles. The molecule has 1 saturated heterocycles. The number of hydrogen-bond acceptors (Lipinski definition) is 3. The molecule has 2 rings (SSSR count). The normalized spacial score (nSPS) is 17.8. The molecule has 0 aromatic heterocycles. The first-order valence-corrected chi connectivity index (χ1v) is 9.17. The quantitative estimate of drug-likeness (QED) is 0.724. The number of ether oxygens (including phenoxy) is 2. The lowest BCUT2D eigenvalue weighted by Crippen LogP contribution is -2.50. The minimum atomic E-state index is -0.454. The highest BCUT2D eigenvalue weighted by molar-refractivity contribution is 9.09. The Labute approximate surface area is 147 Å². The highest BCUT2D eigenvalue weighted by Gasteiger charge is 2.37. The maximum atomic E-state index is 12.1. The number of hydrogen-bond donors (Lipinski definition) is 0. The van der Waals surface area contributed by atoms with Crippen LogP contribution >= 0.6 is 15.9 Å². The van der Waals surface area contributed by atoms with Crippen molar-refractivity contribution in [3.8, 4) is 0 Å². The lowest BCUT2D eigenvalue weighted by Gasteiger charge is -2.41. The van der Waals surface area contributed by atoms with Crippen LogP contribution in [0.3, 0.4) is 0 Å². The topological polar surface area (TPSA) is 38.8 Å². The first-order chi connectivity index (χ1) is 10.8. The molecule has 0 N–H and O–H groups in total. The highest BCUT2D eigenvalue weighted by atomic mass is 79.9. The second kappa shape index (κ2) is 7.67. The van der Waals surface area contributed by atoms with Crippen molar-refractivity contribution in [3.05, 3.63) is 35.9 Å². The molecule has 128 valence electrons. The van der Waals surface area contributed by atoms with Gasteiger partial charge >= 0.3 is 6.09 Å². The summed E-state index contributed by atoms with van der Waals surface area (Å²) in [5, 5.41) is 0.773. The number of carbonyl (C=O) groups excluding carboxylic acids is 1. The zero-order chi connectivity index (χ0) is 16.9. The maximum absolute atomic E-state index is 12.1. The molecule has 0 bridgehead atoms. The zero-order valence-electron chi connectivity index (χ0n) is 14.2. The Balaban J connectivity index is 1.88. The Morgan fingerprint density at radius 1 is 1.22 bits per heavy atom. The number of benzene rings is 1. The average Bonchev–Trinajstić information content (AvgIpc) is 2.53. The fraction of sp³-hybridized carbons (Fsp3) is 0.611. The van der Waals surface area contributed by atoms with Gasteiger partial charge < -0.3 is 14.4 Å². The minimum Gasteiger partial charge on any atom is -0.444 e. The summed E-state index contributed by atoms with van der Waals surface area (Å²) in [4.78, 5) is 13.9. The van der Waals surface area contributed by atoms with Crippen LogP contribution in [-0.4, -0.2) is 40.6 Å². The molecule has 4 nitrogen and oxygen atoms in total. The predicted octanol–water partition coefficient (Wildman–Crippen LogP) is 4.37. The largest absolute Gasteiger partial charge is 0.444 e. The van der Waals surface area contributed by atoms with Crippen molar-refractivity contribution < 1.29 is 14.3 Å². The molecular weight excluding hydrogens is 358 g/mol. The monoisotopic (exact) mass is 383 g/mol. The number of amides is 1. The van der Waals surface area contributed by atoms with Crippen molar-refractivity contribution in [2.75, 3.05) is 18.4 Å². The van der Waals surface area contributed by atoms with Crippen LogP contribution in [0.15, 0.2) is 30.3 Å². The van der Waals surface area contributed by atoms with Gasteiger partial charge in [0, 0.05) is 18.4 Å². The van der Waals surface area contributed by atoms with Crippen molar-refractivity contribution in [3.63, 3.8) is 0 Å². The van der Waals surface area contributed by atoms with Crippen LogP contribution in [0, 0.1) is 0 Å². The number of likely N-dealkylation sites (tertiary alicyclic amines) is 1. The number of alkyl halides is 1. The zero-order valence-corrected chi connectivity index (χ0v) is 15.8. The van der Waals surface area contributed by atoms with Gasteiger partial charge in [-0.1, -0.05) is 46.3 Å². The van der Waals surface area contributed by atoms with Gasteiger partial charge in [-0.15, -0.1) is 0 Å². The fourth-order valence-corrected chi connectivity index (χ4v) is 3.27. The summed E-state index contributed by atoms with van der Waals surface area (Å²) < 4.78 is 11.7. The Morgan fingerprint density at radius 3 is 2.35 bits per heavy atom. The molecule has 1 heterocycles. The number of piperidine rings is 1. The summed E-state index contributed by atoms with van der Waals surface area (Å²) in [6.45, 7) is 7.59. The standard InChI is InChI=1S/C18H26BrNO3/c1-17(2,3)23-16(21)20-11-9-18(14-19,10-12-20)22-13-15-7-5-4-6-8-15/h4-8H,9-14H2,1-3H3. The fourth-order valence-electron chi connectivity index (χ4n) is 2.55. The van der Waals surface area contributed by atoms with Crippen LogP contribution in [0.4, 0.5) is 4.79 Å². The molecule has 5 heteroatoms. The Bertz CT molecular complexity index is 505. The number of nitrogens with zero attached hydrogens (tertiary/aromatic N) is 1. The van der Waals surface area contributed by atoms with E-state index in [2.05, 4.69) is 28.1 Å².